The number of halogens is 1. The zero-order valence-corrected chi connectivity index (χ0v) is 13.0. The highest BCUT2D eigenvalue weighted by molar-refractivity contribution is 6.30. The lowest BCUT2D eigenvalue weighted by molar-refractivity contribution is -0.142. The van der Waals surface area contributed by atoms with Crippen molar-refractivity contribution in [3.63, 3.8) is 0 Å². The Balaban J connectivity index is 1.81. The second-order valence-electron chi connectivity index (χ2n) is 5.24. The average molecular weight is 327 g/mol. The molecule has 1 aromatic rings. The third-order valence-corrected chi connectivity index (χ3v) is 3.74. The van der Waals surface area contributed by atoms with Crippen molar-refractivity contribution in [1.82, 2.24) is 5.32 Å². The van der Waals surface area contributed by atoms with Gasteiger partial charge in [-0.2, -0.15) is 0 Å². The molecule has 1 aliphatic rings. The summed E-state index contributed by atoms with van der Waals surface area (Å²) < 4.78 is 5.19. The standard InChI is InChI=1S/C15H19ClN2O4/c1-22-12-5-4-10(16)8-11(12)17-7-6-13(19)18-14(15(20)21)9-2-3-9/h4-5,8-9,14,17H,2-3,6-7H2,1H3,(H,18,19)(H,20,21). The molecule has 0 bridgehead atoms. The second-order valence-corrected chi connectivity index (χ2v) is 5.68. The van der Waals surface area contributed by atoms with Crippen molar-refractivity contribution in [3.8, 4) is 5.75 Å². The average Bonchev–Trinajstić information content (AvgIpc) is 3.29. The fourth-order valence-electron chi connectivity index (χ4n) is 2.19. The highest BCUT2D eigenvalue weighted by atomic mass is 35.5. The Bertz CT molecular complexity index is 560. The van der Waals surface area contributed by atoms with Gasteiger partial charge in [0, 0.05) is 18.0 Å². The number of carbonyl (C=O) groups excluding carboxylic acids is 1. The van der Waals surface area contributed by atoms with Gasteiger partial charge in [0.2, 0.25) is 5.91 Å². The van der Waals surface area contributed by atoms with Crippen LogP contribution in [-0.4, -0.2) is 36.7 Å². The topological polar surface area (TPSA) is 87.7 Å². The molecule has 3 N–H and O–H groups in total. The smallest absolute Gasteiger partial charge is 0.326 e. The summed E-state index contributed by atoms with van der Waals surface area (Å²) >= 11 is 5.92. The number of rotatable bonds is 8. The summed E-state index contributed by atoms with van der Waals surface area (Å²) in [6.45, 7) is 0.361. The Kier molecular flexibility index (Phi) is 5.49. The van der Waals surface area contributed by atoms with E-state index in [1.165, 1.54) is 0 Å². The quantitative estimate of drug-likeness (QED) is 0.681. The van der Waals surface area contributed by atoms with Crippen LogP contribution in [0.15, 0.2) is 18.2 Å². The van der Waals surface area contributed by atoms with Crippen molar-refractivity contribution in [1.29, 1.82) is 0 Å². The maximum atomic E-state index is 11.8. The van der Waals surface area contributed by atoms with Gasteiger partial charge < -0.3 is 20.5 Å². The molecule has 0 aromatic heterocycles. The summed E-state index contributed by atoms with van der Waals surface area (Å²) in [6, 6.07) is 4.39. The zero-order chi connectivity index (χ0) is 16.1. The first-order chi connectivity index (χ1) is 10.5. The molecule has 1 atom stereocenters. The van der Waals surface area contributed by atoms with Gasteiger partial charge in [-0.15, -0.1) is 0 Å². The first-order valence-electron chi connectivity index (χ1n) is 7.11. The third-order valence-electron chi connectivity index (χ3n) is 3.50. The molecule has 22 heavy (non-hydrogen) atoms. The van der Waals surface area contributed by atoms with Crippen LogP contribution in [-0.2, 0) is 9.59 Å². The largest absolute Gasteiger partial charge is 0.495 e. The molecule has 0 heterocycles. The Hall–Kier alpha value is -1.95. The van der Waals surface area contributed by atoms with Crippen LogP contribution in [0.3, 0.4) is 0 Å². The molecule has 0 aliphatic heterocycles. The second kappa shape index (κ2) is 7.35. The molecule has 6 nitrogen and oxygen atoms in total. The van der Waals surface area contributed by atoms with E-state index in [0.29, 0.717) is 23.0 Å². The molecule has 0 radical (unpaired) electrons. The Morgan fingerprint density at radius 2 is 2.18 bits per heavy atom. The van der Waals surface area contributed by atoms with E-state index < -0.39 is 12.0 Å². The highest BCUT2D eigenvalue weighted by Gasteiger charge is 2.37. The van der Waals surface area contributed by atoms with Gasteiger partial charge in [-0.1, -0.05) is 11.6 Å². The summed E-state index contributed by atoms with van der Waals surface area (Å²) in [6.07, 6.45) is 1.89. The SMILES string of the molecule is COc1ccc(Cl)cc1NCCC(=O)NC(C(=O)O)C1CC1. The number of carboxylic acids is 1. The van der Waals surface area contributed by atoms with E-state index in [0.717, 1.165) is 12.8 Å². The van der Waals surface area contributed by atoms with Crippen LogP contribution in [0.4, 0.5) is 5.69 Å². The van der Waals surface area contributed by atoms with E-state index in [4.69, 9.17) is 21.4 Å². The van der Waals surface area contributed by atoms with Crippen LogP contribution >= 0.6 is 11.6 Å². The number of amides is 1. The van der Waals surface area contributed by atoms with Crippen LogP contribution in [0, 0.1) is 5.92 Å². The summed E-state index contributed by atoms with van der Waals surface area (Å²) in [4.78, 5) is 22.9. The van der Waals surface area contributed by atoms with E-state index >= 15 is 0 Å². The van der Waals surface area contributed by atoms with E-state index in [1.807, 2.05) is 0 Å². The van der Waals surface area contributed by atoms with Gasteiger partial charge in [0.25, 0.3) is 0 Å². The predicted molar refractivity (Wildman–Crippen MR) is 83.4 cm³/mol. The number of aliphatic carboxylic acids is 1. The third kappa shape index (κ3) is 4.53. The molecule has 120 valence electrons. The van der Waals surface area contributed by atoms with E-state index in [-0.39, 0.29) is 18.2 Å². The molecule has 0 saturated heterocycles. The van der Waals surface area contributed by atoms with Gasteiger partial charge in [-0.05, 0) is 37.0 Å². The van der Waals surface area contributed by atoms with Gasteiger partial charge in [0.1, 0.15) is 11.8 Å². The number of ether oxygens (including phenoxy) is 1. The van der Waals surface area contributed by atoms with E-state index in [1.54, 1.807) is 25.3 Å². The number of hydrogen-bond acceptors (Lipinski definition) is 4. The first kappa shape index (κ1) is 16.4. The van der Waals surface area contributed by atoms with Crippen LogP contribution in [0.2, 0.25) is 5.02 Å². The number of benzene rings is 1. The number of carboxylic acid groups (broad SMARTS) is 1. The summed E-state index contributed by atoms with van der Waals surface area (Å²) in [7, 11) is 1.55. The van der Waals surface area contributed by atoms with Crippen molar-refractivity contribution in [2.45, 2.75) is 25.3 Å². The van der Waals surface area contributed by atoms with Gasteiger partial charge in [-0.3, -0.25) is 4.79 Å². The first-order valence-corrected chi connectivity index (χ1v) is 7.48. The summed E-state index contributed by atoms with van der Waals surface area (Å²) in [5.74, 6) is -0.554. The van der Waals surface area contributed by atoms with Gasteiger partial charge in [0.05, 0.1) is 12.8 Å². The molecule has 7 heteroatoms. The van der Waals surface area contributed by atoms with Crippen LogP contribution in [0.1, 0.15) is 19.3 Å². The monoisotopic (exact) mass is 326 g/mol. The number of carbonyl (C=O) groups is 2. The van der Waals surface area contributed by atoms with Crippen molar-refractivity contribution in [2.24, 2.45) is 5.92 Å². The van der Waals surface area contributed by atoms with Gasteiger partial charge >= 0.3 is 5.97 Å². The van der Waals surface area contributed by atoms with Crippen LogP contribution in [0.25, 0.3) is 0 Å². The van der Waals surface area contributed by atoms with Crippen molar-refractivity contribution in [2.75, 3.05) is 19.0 Å². The predicted octanol–water partition coefficient (Wildman–Crippen LogP) is 2.13. The number of anilines is 1. The summed E-state index contributed by atoms with van der Waals surface area (Å²) in [5, 5.41) is 15.3. The lowest BCUT2D eigenvalue weighted by Crippen LogP contribution is -2.42. The number of hydrogen-bond donors (Lipinski definition) is 3. The zero-order valence-electron chi connectivity index (χ0n) is 12.3. The molecule has 1 fully saturated rings. The maximum Gasteiger partial charge on any atom is 0.326 e. The fourth-order valence-corrected chi connectivity index (χ4v) is 2.36. The molecular formula is C15H19ClN2O4. The minimum atomic E-state index is -0.972. The van der Waals surface area contributed by atoms with Crippen molar-refractivity contribution in [3.05, 3.63) is 23.2 Å². The normalized spacial score (nSPS) is 15.0. The number of nitrogens with one attached hydrogen (secondary N) is 2. The Morgan fingerprint density at radius 1 is 1.45 bits per heavy atom. The van der Waals surface area contributed by atoms with Crippen molar-refractivity contribution < 1.29 is 19.4 Å². The maximum absolute atomic E-state index is 11.8. The van der Waals surface area contributed by atoms with Gasteiger partial charge in [0.15, 0.2) is 0 Å². The van der Waals surface area contributed by atoms with Gasteiger partial charge in [-0.25, -0.2) is 4.79 Å². The van der Waals surface area contributed by atoms with Crippen LogP contribution in [0.5, 0.6) is 5.75 Å². The molecule has 0 spiro atoms. The Morgan fingerprint density at radius 3 is 2.77 bits per heavy atom. The van der Waals surface area contributed by atoms with Crippen molar-refractivity contribution >= 4 is 29.2 Å². The molecular weight excluding hydrogens is 308 g/mol. The summed E-state index contributed by atoms with van der Waals surface area (Å²) in [5.41, 5.74) is 0.694. The lowest BCUT2D eigenvalue weighted by Gasteiger charge is -2.14. The minimum absolute atomic E-state index is 0.0717. The number of methoxy groups -OCH3 is 1. The molecule has 1 saturated carbocycles. The molecule has 1 aliphatic carbocycles. The highest BCUT2D eigenvalue weighted by Crippen LogP contribution is 2.32. The molecule has 1 aromatic carbocycles. The minimum Gasteiger partial charge on any atom is -0.495 e. The van der Waals surface area contributed by atoms with E-state index in [2.05, 4.69) is 10.6 Å². The molecule has 2 rings (SSSR count). The fraction of sp³-hybridized carbons (Fsp3) is 0.467. The lowest BCUT2D eigenvalue weighted by atomic mass is 10.2. The molecule has 1 amide bonds. The molecule has 1 unspecified atom stereocenters. The van der Waals surface area contributed by atoms with E-state index in [9.17, 15) is 9.59 Å². The Labute approximate surface area is 133 Å². The van der Waals surface area contributed by atoms with Crippen LogP contribution < -0.4 is 15.4 Å².